The maximum Gasteiger partial charge on any atom is 0.451 e. The number of rotatable bonds is 3. The summed E-state index contributed by atoms with van der Waals surface area (Å²) in [6, 6.07) is 6.07. The smallest absolute Gasteiger partial charge is 0.329 e. The van der Waals surface area contributed by atoms with Gasteiger partial charge in [-0.1, -0.05) is 11.6 Å². The lowest BCUT2D eigenvalue weighted by Gasteiger charge is -2.32. The van der Waals surface area contributed by atoms with Crippen molar-refractivity contribution in [1.82, 2.24) is 29.9 Å². The van der Waals surface area contributed by atoms with E-state index in [1.54, 1.807) is 17.0 Å². The Kier molecular flexibility index (Phi) is 6.26. The third kappa shape index (κ3) is 4.72. The highest BCUT2D eigenvalue weighted by atomic mass is 19.4. The molecule has 1 saturated heterocycles. The van der Waals surface area contributed by atoms with Gasteiger partial charge in [-0.3, -0.25) is 9.63 Å². The Bertz CT molecular complexity index is 1180. The van der Waals surface area contributed by atoms with Gasteiger partial charge in [0.25, 0.3) is 5.91 Å². The molecule has 0 radical (unpaired) electrons. The molecule has 9 nitrogen and oxygen atoms in total. The van der Waals surface area contributed by atoms with Crippen LogP contribution < -0.4 is 5.06 Å². The van der Waals surface area contributed by atoms with Crippen molar-refractivity contribution >= 4 is 11.7 Å². The van der Waals surface area contributed by atoms with Crippen LogP contribution in [0.15, 0.2) is 36.7 Å². The number of hydroxylamine groups is 1. The molecular formula is C22H24F3N7O2. The highest BCUT2D eigenvalue weighted by Gasteiger charge is 2.37. The van der Waals surface area contributed by atoms with E-state index in [1.165, 1.54) is 35.2 Å². The summed E-state index contributed by atoms with van der Waals surface area (Å²) in [7, 11) is 0. The summed E-state index contributed by atoms with van der Waals surface area (Å²) < 4.78 is 39.7. The number of benzene rings is 1. The molecule has 0 N–H and O–H groups in total. The van der Waals surface area contributed by atoms with Gasteiger partial charge in [-0.15, -0.1) is 0 Å². The molecule has 180 valence electrons. The summed E-state index contributed by atoms with van der Waals surface area (Å²) in [5.41, 5.74) is 2.00. The molecule has 2 atom stereocenters. The van der Waals surface area contributed by atoms with Crippen LogP contribution in [-0.4, -0.2) is 61.0 Å². The molecule has 0 unspecified atom stereocenters. The summed E-state index contributed by atoms with van der Waals surface area (Å²) in [4.78, 5) is 29.7. The number of nitrogens with zero attached hydrogens (tertiary/aromatic N) is 7. The number of carbonyl (C=O) groups is 1. The summed E-state index contributed by atoms with van der Waals surface area (Å²) in [5.74, 6) is -1.50. The molecule has 0 aliphatic carbocycles. The molecule has 1 aromatic carbocycles. The van der Waals surface area contributed by atoms with Gasteiger partial charge < -0.3 is 4.90 Å². The number of amides is 1. The second-order valence-corrected chi connectivity index (χ2v) is 8.30. The van der Waals surface area contributed by atoms with Crippen molar-refractivity contribution in [3.8, 4) is 5.69 Å². The molecule has 3 aromatic rings. The lowest BCUT2D eigenvalue weighted by atomic mass is 10.1. The van der Waals surface area contributed by atoms with E-state index >= 15 is 0 Å². The first-order valence-electron chi connectivity index (χ1n) is 10.7. The first-order chi connectivity index (χ1) is 16.0. The van der Waals surface area contributed by atoms with Gasteiger partial charge in [0.05, 0.1) is 42.8 Å². The van der Waals surface area contributed by atoms with Crippen LogP contribution >= 0.6 is 0 Å². The Labute approximate surface area is 194 Å². The molecule has 1 fully saturated rings. The van der Waals surface area contributed by atoms with Crippen LogP contribution in [0.2, 0.25) is 0 Å². The third-order valence-electron chi connectivity index (χ3n) is 5.45. The molecule has 0 bridgehead atoms. The van der Waals surface area contributed by atoms with Gasteiger partial charge in [-0.25, -0.2) is 15.0 Å². The molecule has 12 heteroatoms. The van der Waals surface area contributed by atoms with Gasteiger partial charge in [-0.2, -0.15) is 28.2 Å². The van der Waals surface area contributed by atoms with Crippen molar-refractivity contribution in [2.45, 2.75) is 46.0 Å². The van der Waals surface area contributed by atoms with Crippen LogP contribution in [0.4, 0.5) is 19.0 Å². The van der Waals surface area contributed by atoms with Gasteiger partial charge >= 0.3 is 6.18 Å². The largest absolute Gasteiger partial charge is 0.451 e. The Balaban J connectivity index is 1.65. The minimum absolute atomic E-state index is 0.00911. The molecular weight excluding hydrogens is 451 g/mol. The zero-order chi connectivity index (χ0) is 24.6. The van der Waals surface area contributed by atoms with Crippen molar-refractivity contribution < 1.29 is 22.8 Å². The number of aryl methyl sites for hydroxylation is 2. The van der Waals surface area contributed by atoms with Gasteiger partial charge in [0.15, 0.2) is 5.82 Å². The number of anilines is 1. The lowest BCUT2D eigenvalue weighted by Crippen LogP contribution is -2.47. The van der Waals surface area contributed by atoms with E-state index in [0.717, 1.165) is 5.56 Å². The van der Waals surface area contributed by atoms with Gasteiger partial charge in [-0.05, 0) is 39.8 Å². The number of aromatic nitrogens is 5. The number of halogens is 3. The van der Waals surface area contributed by atoms with Crippen molar-refractivity contribution in [2.24, 2.45) is 0 Å². The molecule has 4 rings (SSSR count). The number of alkyl halides is 3. The normalized spacial score (nSPS) is 19.3. The van der Waals surface area contributed by atoms with E-state index in [2.05, 4.69) is 20.2 Å². The summed E-state index contributed by atoms with van der Waals surface area (Å²) in [5, 5.41) is 9.59. The molecule has 3 heterocycles. The fourth-order valence-electron chi connectivity index (χ4n) is 3.93. The fraction of sp³-hybridized carbons (Fsp3) is 0.409. The fourth-order valence-corrected chi connectivity index (χ4v) is 3.93. The van der Waals surface area contributed by atoms with E-state index in [-0.39, 0.29) is 36.6 Å². The lowest BCUT2D eigenvalue weighted by molar-refractivity contribution is -0.145. The van der Waals surface area contributed by atoms with Gasteiger partial charge in [0, 0.05) is 17.8 Å². The SMILES string of the molecule is Cc1ccc(-n2nccn2)c(C(=O)N2[C@H](C)CON(c3cc(C)nc(C(F)(F)F)n3)C[C@@H]2C)c1. The van der Waals surface area contributed by atoms with Crippen LogP contribution in [0, 0.1) is 13.8 Å². The number of hydrogen-bond donors (Lipinski definition) is 0. The summed E-state index contributed by atoms with van der Waals surface area (Å²) in [6.45, 7) is 7.17. The third-order valence-corrected chi connectivity index (χ3v) is 5.45. The number of carbonyl (C=O) groups excluding carboxylic acids is 1. The second-order valence-electron chi connectivity index (χ2n) is 8.30. The monoisotopic (exact) mass is 475 g/mol. The van der Waals surface area contributed by atoms with E-state index in [9.17, 15) is 18.0 Å². The average Bonchev–Trinajstić information content (AvgIpc) is 3.25. The minimum Gasteiger partial charge on any atom is -0.329 e. The predicted molar refractivity (Wildman–Crippen MR) is 116 cm³/mol. The maximum absolute atomic E-state index is 13.7. The zero-order valence-corrected chi connectivity index (χ0v) is 19.1. The standard InChI is InChI=1S/C22H24F3N7O2/c1-13-5-6-18(32-26-7-8-27-32)17(9-13)20(33)31-15(3)11-30(34-12-16(31)4)19-10-14(2)28-21(29-19)22(23,24)25/h5-10,15-16H,11-12H2,1-4H3/t15-,16+/m0/s1. The molecule has 1 amide bonds. The highest BCUT2D eigenvalue weighted by Crippen LogP contribution is 2.29. The van der Waals surface area contributed by atoms with Gasteiger partial charge in [0.2, 0.25) is 5.82 Å². The molecule has 1 aliphatic rings. The van der Waals surface area contributed by atoms with Gasteiger partial charge in [0.1, 0.15) is 0 Å². The van der Waals surface area contributed by atoms with Crippen LogP contribution in [0.25, 0.3) is 5.69 Å². The topological polar surface area (TPSA) is 89.3 Å². The molecule has 0 spiro atoms. The van der Waals surface area contributed by atoms with E-state index in [1.807, 2.05) is 26.8 Å². The van der Waals surface area contributed by atoms with Crippen molar-refractivity contribution in [3.05, 3.63) is 59.3 Å². The van der Waals surface area contributed by atoms with Crippen LogP contribution in [0.5, 0.6) is 0 Å². The quantitative estimate of drug-likeness (QED) is 0.574. The first kappa shape index (κ1) is 23.6. The van der Waals surface area contributed by atoms with Crippen molar-refractivity contribution in [3.63, 3.8) is 0 Å². The highest BCUT2D eigenvalue weighted by molar-refractivity contribution is 5.98. The van der Waals surface area contributed by atoms with E-state index in [4.69, 9.17) is 4.84 Å². The molecule has 1 aliphatic heterocycles. The minimum atomic E-state index is -4.68. The predicted octanol–water partition coefficient (Wildman–Crippen LogP) is 3.36. The number of hydrogen-bond acceptors (Lipinski definition) is 7. The zero-order valence-electron chi connectivity index (χ0n) is 19.1. The van der Waals surface area contributed by atoms with Crippen LogP contribution in [-0.2, 0) is 11.0 Å². The summed E-state index contributed by atoms with van der Waals surface area (Å²) >= 11 is 0. The Morgan fingerprint density at radius 1 is 1.06 bits per heavy atom. The average molecular weight is 475 g/mol. The van der Waals surface area contributed by atoms with E-state index in [0.29, 0.717) is 11.3 Å². The Hall–Kier alpha value is -3.54. The molecule has 0 saturated carbocycles. The van der Waals surface area contributed by atoms with E-state index < -0.39 is 18.0 Å². The Morgan fingerprint density at radius 3 is 2.44 bits per heavy atom. The van der Waals surface area contributed by atoms with Crippen LogP contribution in [0.3, 0.4) is 0 Å². The van der Waals surface area contributed by atoms with Crippen LogP contribution in [0.1, 0.15) is 41.3 Å². The van der Waals surface area contributed by atoms with Crippen molar-refractivity contribution in [1.29, 1.82) is 0 Å². The van der Waals surface area contributed by atoms with Crippen molar-refractivity contribution in [2.75, 3.05) is 18.2 Å². The Morgan fingerprint density at radius 2 is 1.76 bits per heavy atom. The summed E-state index contributed by atoms with van der Waals surface area (Å²) in [6.07, 6.45) is -1.64. The second kappa shape index (κ2) is 9.01. The first-order valence-corrected chi connectivity index (χ1v) is 10.7. The maximum atomic E-state index is 13.7. The molecule has 34 heavy (non-hydrogen) atoms. The molecule has 2 aromatic heterocycles.